The molecule has 2 saturated carbocycles. The van der Waals surface area contributed by atoms with Gasteiger partial charge in [0.1, 0.15) is 0 Å². The Balaban J connectivity index is 1.55. The van der Waals surface area contributed by atoms with Gasteiger partial charge in [-0.2, -0.15) is 0 Å². The lowest BCUT2D eigenvalue weighted by atomic mass is 9.45. The van der Waals surface area contributed by atoms with E-state index in [0.29, 0.717) is 11.3 Å². The Morgan fingerprint density at radius 2 is 1.87 bits per heavy atom. The van der Waals surface area contributed by atoms with Crippen molar-refractivity contribution in [3.63, 3.8) is 0 Å². The summed E-state index contributed by atoms with van der Waals surface area (Å²) in [6.45, 7) is 9.89. The molecular formula is C28H38OS. The van der Waals surface area contributed by atoms with Crippen LogP contribution in [-0.2, 0) is 0 Å². The van der Waals surface area contributed by atoms with E-state index in [0.717, 1.165) is 41.9 Å². The summed E-state index contributed by atoms with van der Waals surface area (Å²) in [5.41, 5.74) is 6.80. The highest BCUT2D eigenvalue weighted by atomic mass is 32.1. The van der Waals surface area contributed by atoms with Crippen molar-refractivity contribution in [2.75, 3.05) is 0 Å². The van der Waals surface area contributed by atoms with Crippen molar-refractivity contribution in [3.8, 4) is 0 Å². The number of fused-ring (bicyclic) bond motifs is 5. The van der Waals surface area contributed by atoms with Crippen molar-refractivity contribution in [1.29, 1.82) is 0 Å². The lowest BCUT2D eigenvalue weighted by molar-refractivity contribution is -0.0512. The number of aliphatic hydroxyl groups excluding tert-OH is 1. The minimum Gasteiger partial charge on any atom is -0.393 e. The zero-order valence-corrected chi connectivity index (χ0v) is 20.0. The number of hydrogen-bond acceptors (Lipinski definition) is 2. The molecule has 0 bridgehead atoms. The van der Waals surface area contributed by atoms with E-state index in [1.165, 1.54) is 37.7 Å². The van der Waals surface area contributed by atoms with Crippen molar-refractivity contribution in [2.24, 2.45) is 34.5 Å². The van der Waals surface area contributed by atoms with E-state index in [1.807, 2.05) is 0 Å². The highest BCUT2D eigenvalue weighted by Gasteiger charge is 2.59. The fourth-order valence-electron chi connectivity index (χ4n) is 8.44. The average molecular weight is 423 g/mol. The molecule has 2 heteroatoms. The van der Waals surface area contributed by atoms with Crippen LogP contribution in [0.1, 0.15) is 79.1 Å². The highest BCUT2D eigenvalue weighted by Crippen LogP contribution is 2.68. The van der Waals surface area contributed by atoms with Gasteiger partial charge in [0.25, 0.3) is 0 Å². The summed E-state index contributed by atoms with van der Waals surface area (Å²) in [5.74, 6) is 2.95. The van der Waals surface area contributed by atoms with Gasteiger partial charge in [-0.05, 0) is 104 Å². The van der Waals surface area contributed by atoms with E-state index in [4.69, 9.17) is 12.2 Å². The molecule has 5 aliphatic carbocycles. The average Bonchev–Trinajstić information content (AvgIpc) is 2.98. The lowest BCUT2D eigenvalue weighted by Crippen LogP contribution is -2.52. The van der Waals surface area contributed by atoms with Crippen molar-refractivity contribution in [3.05, 3.63) is 46.6 Å². The Morgan fingerprint density at radius 3 is 2.60 bits per heavy atom. The van der Waals surface area contributed by atoms with Gasteiger partial charge in [0.2, 0.25) is 0 Å². The number of hydrogen-bond donors (Lipinski definition) is 1. The van der Waals surface area contributed by atoms with Crippen LogP contribution in [0.4, 0.5) is 0 Å². The molecule has 7 atom stereocenters. The van der Waals surface area contributed by atoms with Crippen LogP contribution in [-0.4, -0.2) is 16.1 Å². The highest BCUT2D eigenvalue weighted by molar-refractivity contribution is 7.80. The largest absolute Gasteiger partial charge is 0.393 e. The second-order valence-corrected chi connectivity index (χ2v) is 11.9. The van der Waals surface area contributed by atoms with E-state index in [-0.39, 0.29) is 11.5 Å². The van der Waals surface area contributed by atoms with E-state index in [1.54, 1.807) is 16.7 Å². The van der Waals surface area contributed by atoms with Crippen LogP contribution >= 0.6 is 12.2 Å². The summed E-state index contributed by atoms with van der Waals surface area (Å²) in [4.78, 5) is 1.08. The molecule has 1 nitrogen and oxygen atoms in total. The summed E-state index contributed by atoms with van der Waals surface area (Å²) in [6.07, 6.45) is 18.5. The number of allylic oxidation sites excluding steroid dienone is 7. The van der Waals surface area contributed by atoms with Gasteiger partial charge < -0.3 is 5.11 Å². The van der Waals surface area contributed by atoms with Crippen LogP contribution in [0.5, 0.6) is 0 Å². The van der Waals surface area contributed by atoms with Crippen molar-refractivity contribution >= 4 is 17.1 Å². The Bertz CT molecular complexity index is 888. The van der Waals surface area contributed by atoms with Gasteiger partial charge in [-0.3, -0.25) is 0 Å². The first-order chi connectivity index (χ1) is 14.3. The molecule has 0 aromatic carbocycles. The van der Waals surface area contributed by atoms with E-state index in [2.05, 4.69) is 52.0 Å². The van der Waals surface area contributed by atoms with Gasteiger partial charge >= 0.3 is 0 Å². The molecule has 1 N–H and O–H groups in total. The lowest BCUT2D eigenvalue weighted by Gasteiger charge is -2.60. The molecule has 0 aliphatic heterocycles. The molecule has 0 spiro atoms. The summed E-state index contributed by atoms with van der Waals surface area (Å²) >= 11 is 5.58. The third kappa shape index (κ3) is 2.93. The Kier molecular flexibility index (Phi) is 5.06. The minimum absolute atomic E-state index is 0.122. The maximum Gasteiger partial charge on any atom is 0.0577 e. The van der Waals surface area contributed by atoms with Gasteiger partial charge in [-0.1, -0.05) is 62.4 Å². The van der Waals surface area contributed by atoms with Gasteiger partial charge in [0.15, 0.2) is 0 Å². The SMILES string of the molecule is CC[C@H]1C=C2C[C@@H](O)CC[C@]2(C)[C@H]2CC[C@]3(C)C(C4=CC(=S)CC=C4)=C(C)C[C@H]3[C@H]12. The monoisotopic (exact) mass is 422 g/mol. The fraction of sp³-hybridized carbons (Fsp3) is 0.679. The number of thiocarbonyl (C=S) groups is 1. The first kappa shape index (κ1) is 20.9. The van der Waals surface area contributed by atoms with Crippen molar-refractivity contribution < 1.29 is 5.11 Å². The fourth-order valence-corrected chi connectivity index (χ4v) is 8.66. The molecule has 0 aromatic rings. The minimum atomic E-state index is -0.122. The van der Waals surface area contributed by atoms with Crippen LogP contribution in [0.15, 0.2) is 46.6 Å². The number of aliphatic hydroxyl groups is 1. The molecule has 2 fully saturated rings. The molecule has 0 amide bonds. The van der Waals surface area contributed by atoms with Gasteiger partial charge in [-0.15, -0.1) is 0 Å². The molecule has 0 saturated heterocycles. The molecule has 162 valence electrons. The maximum atomic E-state index is 10.4. The topological polar surface area (TPSA) is 20.2 Å². The smallest absolute Gasteiger partial charge is 0.0577 e. The molecule has 5 rings (SSSR count). The van der Waals surface area contributed by atoms with Crippen LogP contribution < -0.4 is 0 Å². The quantitative estimate of drug-likeness (QED) is 0.377. The predicted octanol–water partition coefficient (Wildman–Crippen LogP) is 7.13. The van der Waals surface area contributed by atoms with Gasteiger partial charge in [0.05, 0.1) is 6.10 Å². The number of rotatable bonds is 2. The molecule has 0 aromatic heterocycles. The Labute approximate surface area is 188 Å². The van der Waals surface area contributed by atoms with Crippen LogP contribution in [0.2, 0.25) is 0 Å². The van der Waals surface area contributed by atoms with E-state index in [9.17, 15) is 5.11 Å². The first-order valence-corrected chi connectivity index (χ1v) is 12.7. The van der Waals surface area contributed by atoms with Crippen molar-refractivity contribution in [1.82, 2.24) is 0 Å². The predicted molar refractivity (Wildman–Crippen MR) is 129 cm³/mol. The molecule has 0 radical (unpaired) electrons. The maximum absolute atomic E-state index is 10.4. The first-order valence-electron chi connectivity index (χ1n) is 12.3. The Hall–Kier alpha value is -0.990. The standard InChI is InChI=1S/C28H38OS/c1-5-18-14-20-16-21(29)9-11-27(20,3)23-10-12-28(4)24(25(18)23)13-17(2)26(28)19-7-6-8-22(30)15-19/h6-7,14-15,18,21,23-25,29H,5,8-13,16H2,1-4H3/t18-,21-,23-,24-,25+,27-,28-/m0/s1. The van der Waals surface area contributed by atoms with E-state index < -0.39 is 0 Å². The molecule has 5 aliphatic rings. The van der Waals surface area contributed by atoms with Crippen molar-refractivity contribution in [2.45, 2.75) is 85.2 Å². The molecule has 30 heavy (non-hydrogen) atoms. The third-order valence-electron chi connectivity index (χ3n) is 9.85. The normalized spacial score (nSPS) is 45.5. The zero-order chi connectivity index (χ0) is 21.3. The second kappa shape index (κ2) is 7.27. The van der Waals surface area contributed by atoms with Crippen LogP contribution in [0, 0.1) is 34.5 Å². The van der Waals surface area contributed by atoms with E-state index >= 15 is 0 Å². The van der Waals surface area contributed by atoms with Crippen LogP contribution in [0.25, 0.3) is 0 Å². The van der Waals surface area contributed by atoms with Crippen LogP contribution in [0.3, 0.4) is 0 Å². The third-order valence-corrected chi connectivity index (χ3v) is 10.1. The second-order valence-electron chi connectivity index (χ2n) is 11.4. The van der Waals surface area contributed by atoms with Gasteiger partial charge in [0, 0.05) is 11.3 Å². The van der Waals surface area contributed by atoms with Gasteiger partial charge in [-0.25, -0.2) is 0 Å². The summed E-state index contributed by atoms with van der Waals surface area (Å²) < 4.78 is 0. The molecule has 0 heterocycles. The zero-order valence-electron chi connectivity index (χ0n) is 19.2. The summed E-state index contributed by atoms with van der Waals surface area (Å²) in [5, 5.41) is 10.4. The Morgan fingerprint density at radius 1 is 1.10 bits per heavy atom. The molecular weight excluding hydrogens is 384 g/mol. The summed E-state index contributed by atoms with van der Waals surface area (Å²) in [6, 6.07) is 0. The molecule has 0 unspecified atom stereocenters. The summed E-state index contributed by atoms with van der Waals surface area (Å²) in [7, 11) is 0.